The van der Waals surface area contributed by atoms with Crippen molar-refractivity contribution in [2.24, 2.45) is 4.99 Å². The van der Waals surface area contributed by atoms with Crippen molar-refractivity contribution in [3.05, 3.63) is 12.2 Å². The molecule has 0 aromatic heterocycles. The van der Waals surface area contributed by atoms with Crippen molar-refractivity contribution in [2.45, 2.75) is 6.92 Å². The minimum absolute atomic E-state index is 0.0602. The lowest BCUT2D eigenvalue weighted by Gasteiger charge is -1.74. The molecule has 0 aliphatic carbocycles. The van der Waals surface area contributed by atoms with E-state index in [-0.39, 0.29) is 5.78 Å². The van der Waals surface area contributed by atoms with Crippen LogP contribution in [0.2, 0.25) is 0 Å². The number of ketones is 1. The van der Waals surface area contributed by atoms with E-state index in [1.54, 1.807) is 20.0 Å². The van der Waals surface area contributed by atoms with Crippen LogP contribution in [0.25, 0.3) is 0 Å². The summed E-state index contributed by atoms with van der Waals surface area (Å²) in [4.78, 5) is 13.9. The van der Waals surface area contributed by atoms with Crippen LogP contribution in [0.1, 0.15) is 6.92 Å². The average Bonchev–Trinajstić information content (AvgIpc) is 1.68. The summed E-state index contributed by atoms with van der Waals surface area (Å²) in [5, 5.41) is 0. The van der Waals surface area contributed by atoms with E-state index in [0.29, 0.717) is 0 Å². The molecule has 0 bridgehead atoms. The molecule has 0 aliphatic heterocycles. The Labute approximate surface area is 48.9 Å². The molecule has 0 heterocycles. The van der Waals surface area contributed by atoms with E-state index >= 15 is 0 Å². The van der Waals surface area contributed by atoms with Gasteiger partial charge in [0, 0.05) is 7.05 Å². The predicted molar refractivity (Wildman–Crippen MR) is 34.2 cm³/mol. The van der Waals surface area contributed by atoms with E-state index < -0.39 is 0 Å². The number of nitrogens with zero attached hydrogens (tertiary/aromatic N) is 1. The Bertz CT molecular complexity index is 110. The lowest BCUT2D eigenvalue weighted by Crippen LogP contribution is -1.91. The van der Waals surface area contributed by atoms with Gasteiger partial charge < -0.3 is 0 Å². The fourth-order valence-corrected chi connectivity index (χ4v) is 0.335. The van der Waals surface area contributed by atoms with Crippen LogP contribution >= 0.6 is 0 Å². The molecule has 0 aromatic rings. The van der Waals surface area contributed by atoms with Crippen LogP contribution in [-0.2, 0) is 4.79 Å². The van der Waals surface area contributed by atoms with Crippen LogP contribution in [0.3, 0.4) is 0 Å². The Morgan fingerprint density at radius 2 is 2.25 bits per heavy atom. The third kappa shape index (κ3) is 3.28. The smallest absolute Gasteiger partial charge is 0.196 e. The molecule has 0 unspecified atom stereocenters. The van der Waals surface area contributed by atoms with Gasteiger partial charge >= 0.3 is 0 Å². The molecular formula is C6H9NO. The monoisotopic (exact) mass is 111 g/mol. The average molecular weight is 111 g/mol. The second-order valence-corrected chi connectivity index (χ2v) is 1.29. The molecule has 2 nitrogen and oxygen atoms in total. The topological polar surface area (TPSA) is 29.4 Å². The Hall–Kier alpha value is -0.920. The first-order valence-corrected chi connectivity index (χ1v) is 2.40. The molecule has 0 rings (SSSR count). The van der Waals surface area contributed by atoms with Crippen LogP contribution in [0, 0.1) is 0 Å². The van der Waals surface area contributed by atoms with Crippen LogP contribution in [0.15, 0.2) is 17.1 Å². The highest BCUT2D eigenvalue weighted by molar-refractivity contribution is 6.32. The quantitative estimate of drug-likeness (QED) is 0.383. The highest BCUT2D eigenvalue weighted by Crippen LogP contribution is 1.70. The Morgan fingerprint density at radius 3 is 2.62 bits per heavy atom. The van der Waals surface area contributed by atoms with Gasteiger partial charge in [-0.15, -0.1) is 0 Å². The van der Waals surface area contributed by atoms with E-state index in [4.69, 9.17) is 0 Å². The summed E-state index contributed by atoms with van der Waals surface area (Å²) in [6.07, 6.45) is 4.43. The molecule has 0 fully saturated rings. The largest absolute Gasteiger partial charge is 0.292 e. The van der Waals surface area contributed by atoms with Gasteiger partial charge in [0.15, 0.2) is 5.78 Å². The van der Waals surface area contributed by atoms with Gasteiger partial charge in [-0.25, -0.2) is 0 Å². The summed E-state index contributed by atoms with van der Waals surface area (Å²) in [5.41, 5.74) is 0. The number of allylic oxidation sites excluding steroid dienone is 2. The van der Waals surface area contributed by atoms with Gasteiger partial charge in [-0.1, -0.05) is 6.08 Å². The van der Waals surface area contributed by atoms with Crippen molar-refractivity contribution in [2.75, 3.05) is 7.05 Å². The molecule has 0 atom stereocenters. The lowest BCUT2D eigenvalue weighted by molar-refractivity contribution is -0.108. The van der Waals surface area contributed by atoms with Crippen molar-refractivity contribution >= 4 is 12.0 Å². The highest BCUT2D eigenvalue weighted by atomic mass is 16.1. The molecule has 0 N–H and O–H groups in total. The van der Waals surface area contributed by atoms with E-state index in [0.717, 1.165) is 0 Å². The van der Waals surface area contributed by atoms with Gasteiger partial charge in [0.05, 0.1) is 6.21 Å². The van der Waals surface area contributed by atoms with Crippen LogP contribution < -0.4 is 0 Å². The van der Waals surface area contributed by atoms with Gasteiger partial charge in [0.1, 0.15) is 0 Å². The number of rotatable bonds is 2. The molecule has 0 spiro atoms. The number of aliphatic imine (C=N–C) groups is 1. The van der Waals surface area contributed by atoms with Gasteiger partial charge in [0.2, 0.25) is 0 Å². The third-order valence-electron chi connectivity index (χ3n) is 0.587. The first-order chi connectivity index (χ1) is 3.81. The summed E-state index contributed by atoms with van der Waals surface area (Å²) >= 11 is 0. The fraction of sp³-hybridized carbons (Fsp3) is 0.333. The Balaban J connectivity index is 3.66. The molecule has 8 heavy (non-hydrogen) atoms. The van der Waals surface area contributed by atoms with Crippen molar-refractivity contribution in [1.29, 1.82) is 0 Å². The molecule has 44 valence electrons. The zero-order valence-corrected chi connectivity index (χ0v) is 5.09. The minimum Gasteiger partial charge on any atom is -0.292 e. The molecular weight excluding hydrogens is 102 g/mol. The maximum Gasteiger partial charge on any atom is 0.196 e. The number of hydrogen-bond acceptors (Lipinski definition) is 2. The van der Waals surface area contributed by atoms with Crippen molar-refractivity contribution in [3.8, 4) is 0 Å². The second kappa shape index (κ2) is 4.24. The van der Waals surface area contributed by atoms with Gasteiger partial charge in [-0.2, -0.15) is 0 Å². The Morgan fingerprint density at radius 1 is 1.62 bits per heavy atom. The van der Waals surface area contributed by atoms with E-state index in [2.05, 4.69) is 4.99 Å². The molecule has 0 aliphatic rings. The van der Waals surface area contributed by atoms with E-state index in [9.17, 15) is 4.79 Å². The SMILES string of the molecule is C/C=C\C(=O)/C=N\C. The van der Waals surface area contributed by atoms with Gasteiger partial charge in [-0.05, 0) is 13.0 Å². The number of carbonyl (C=O) groups is 1. The van der Waals surface area contributed by atoms with Crippen molar-refractivity contribution in [1.82, 2.24) is 0 Å². The zero-order chi connectivity index (χ0) is 6.41. The fourth-order valence-electron chi connectivity index (χ4n) is 0.335. The van der Waals surface area contributed by atoms with Gasteiger partial charge in [0.25, 0.3) is 0 Å². The van der Waals surface area contributed by atoms with E-state index in [1.165, 1.54) is 12.3 Å². The van der Waals surface area contributed by atoms with E-state index in [1.807, 2.05) is 0 Å². The van der Waals surface area contributed by atoms with Crippen LogP contribution in [0.5, 0.6) is 0 Å². The standard InChI is InChI=1S/C6H9NO/c1-3-4-6(8)5-7-2/h3-5H,1-2H3/b4-3-,7-5-. The predicted octanol–water partition coefficient (Wildman–Crippen LogP) is 0.832. The third-order valence-corrected chi connectivity index (χ3v) is 0.587. The lowest BCUT2D eigenvalue weighted by atomic mass is 10.4. The summed E-state index contributed by atoms with van der Waals surface area (Å²) < 4.78 is 0. The maximum atomic E-state index is 10.4. The maximum absolute atomic E-state index is 10.4. The molecule has 0 saturated heterocycles. The van der Waals surface area contributed by atoms with Crippen LogP contribution in [-0.4, -0.2) is 19.0 Å². The first kappa shape index (κ1) is 7.08. The molecule has 2 heteroatoms. The van der Waals surface area contributed by atoms with Crippen LogP contribution in [0.4, 0.5) is 0 Å². The molecule has 0 amide bonds. The number of carbonyl (C=O) groups excluding carboxylic acids is 1. The highest BCUT2D eigenvalue weighted by Gasteiger charge is 1.82. The van der Waals surface area contributed by atoms with Crippen molar-refractivity contribution < 1.29 is 4.79 Å². The summed E-state index contributed by atoms with van der Waals surface area (Å²) in [6.45, 7) is 1.79. The first-order valence-electron chi connectivity index (χ1n) is 2.40. The Kier molecular flexibility index (Phi) is 3.76. The number of hydrogen-bond donors (Lipinski definition) is 0. The molecule has 0 aromatic carbocycles. The minimum atomic E-state index is -0.0602. The summed E-state index contributed by atoms with van der Waals surface area (Å²) in [6, 6.07) is 0. The molecule has 0 radical (unpaired) electrons. The normalized spacial score (nSPS) is 11.2. The summed E-state index contributed by atoms with van der Waals surface area (Å²) in [7, 11) is 1.57. The van der Waals surface area contributed by atoms with Gasteiger partial charge in [-0.3, -0.25) is 9.79 Å². The molecule has 0 saturated carbocycles. The second-order valence-electron chi connectivity index (χ2n) is 1.29. The summed E-state index contributed by atoms with van der Waals surface area (Å²) in [5.74, 6) is -0.0602. The van der Waals surface area contributed by atoms with Crippen molar-refractivity contribution in [3.63, 3.8) is 0 Å². The zero-order valence-electron chi connectivity index (χ0n) is 5.09.